The largest absolute Gasteiger partial charge is 0.435 e. The van der Waals surface area contributed by atoms with Crippen LogP contribution >= 0.6 is 11.8 Å². The van der Waals surface area contributed by atoms with Crippen molar-refractivity contribution in [3.05, 3.63) is 48.0 Å². The van der Waals surface area contributed by atoms with Crippen LogP contribution in [0.2, 0.25) is 0 Å². The summed E-state index contributed by atoms with van der Waals surface area (Å²) in [6.07, 6.45) is 0. The van der Waals surface area contributed by atoms with Crippen molar-refractivity contribution in [1.82, 2.24) is 9.97 Å². The summed E-state index contributed by atoms with van der Waals surface area (Å²) >= 11 is 1.29. The quantitative estimate of drug-likeness (QED) is 0.644. The van der Waals surface area contributed by atoms with E-state index in [0.717, 1.165) is 16.6 Å². The number of fused-ring (bicyclic) bond motifs is 1. The Hall–Kier alpha value is -2.61. The number of aryl methyl sites for hydroxylation is 1. The number of aromatic amines is 1. The molecule has 8 heteroatoms. The number of imidazole rings is 1. The third kappa shape index (κ3) is 4.69. The lowest BCUT2D eigenvalue weighted by Gasteiger charge is -2.07. The van der Waals surface area contributed by atoms with Crippen molar-refractivity contribution < 1.29 is 18.3 Å². The number of anilines is 1. The van der Waals surface area contributed by atoms with Gasteiger partial charge in [0.15, 0.2) is 5.16 Å². The minimum absolute atomic E-state index is 0.0416. The maximum absolute atomic E-state index is 12.1. The molecule has 0 aliphatic carbocycles. The van der Waals surface area contributed by atoms with Gasteiger partial charge in [-0.3, -0.25) is 4.79 Å². The van der Waals surface area contributed by atoms with Crippen molar-refractivity contribution in [3.63, 3.8) is 0 Å². The fraction of sp³-hybridized carbons (Fsp3) is 0.176. The molecule has 0 saturated heterocycles. The summed E-state index contributed by atoms with van der Waals surface area (Å²) in [5.41, 5.74) is 3.41. The van der Waals surface area contributed by atoms with Crippen molar-refractivity contribution in [2.45, 2.75) is 18.7 Å². The lowest BCUT2D eigenvalue weighted by atomic mass is 10.2. The Balaban J connectivity index is 1.55. The Labute approximate surface area is 146 Å². The van der Waals surface area contributed by atoms with Crippen molar-refractivity contribution in [3.8, 4) is 5.75 Å². The molecule has 0 fully saturated rings. The number of ether oxygens (including phenoxy) is 1. The molecule has 0 aliphatic heterocycles. The topological polar surface area (TPSA) is 67.0 Å². The second-order valence-corrected chi connectivity index (χ2v) is 6.27. The van der Waals surface area contributed by atoms with Crippen molar-refractivity contribution >= 4 is 34.4 Å². The highest BCUT2D eigenvalue weighted by Crippen LogP contribution is 2.21. The fourth-order valence-corrected chi connectivity index (χ4v) is 2.90. The van der Waals surface area contributed by atoms with E-state index in [1.807, 2.05) is 25.1 Å². The highest BCUT2D eigenvalue weighted by atomic mass is 32.2. The first-order valence-electron chi connectivity index (χ1n) is 7.43. The average molecular weight is 363 g/mol. The third-order valence-corrected chi connectivity index (χ3v) is 4.19. The number of H-pyrrole nitrogens is 1. The van der Waals surface area contributed by atoms with E-state index in [1.54, 1.807) is 0 Å². The Bertz CT molecular complexity index is 881. The molecule has 5 nitrogen and oxygen atoms in total. The monoisotopic (exact) mass is 363 g/mol. The SMILES string of the molecule is Cc1ccc2nc(SCC(=O)Nc3ccc(OC(F)F)cc3)[nH]c2c1. The van der Waals surface area contributed by atoms with E-state index in [4.69, 9.17) is 0 Å². The van der Waals surface area contributed by atoms with Gasteiger partial charge in [-0.1, -0.05) is 17.8 Å². The van der Waals surface area contributed by atoms with Crippen LogP contribution in [-0.2, 0) is 4.79 Å². The van der Waals surface area contributed by atoms with Gasteiger partial charge in [-0.2, -0.15) is 8.78 Å². The molecule has 1 aromatic heterocycles. The van der Waals surface area contributed by atoms with E-state index < -0.39 is 6.61 Å². The summed E-state index contributed by atoms with van der Waals surface area (Å²) in [4.78, 5) is 19.6. The van der Waals surface area contributed by atoms with Crippen LogP contribution in [0.25, 0.3) is 11.0 Å². The van der Waals surface area contributed by atoms with Crippen LogP contribution in [0.15, 0.2) is 47.6 Å². The number of carbonyl (C=O) groups is 1. The van der Waals surface area contributed by atoms with Gasteiger partial charge in [0.25, 0.3) is 0 Å². The number of alkyl halides is 2. The van der Waals surface area contributed by atoms with Crippen molar-refractivity contribution in [1.29, 1.82) is 0 Å². The minimum atomic E-state index is -2.87. The molecule has 3 rings (SSSR count). The number of hydrogen-bond donors (Lipinski definition) is 2. The van der Waals surface area contributed by atoms with Crippen LogP contribution in [0.5, 0.6) is 5.75 Å². The summed E-state index contributed by atoms with van der Waals surface area (Å²) in [6.45, 7) is -0.873. The number of aromatic nitrogens is 2. The molecule has 0 unspecified atom stereocenters. The first-order chi connectivity index (χ1) is 12.0. The van der Waals surface area contributed by atoms with Gasteiger partial charge >= 0.3 is 6.61 Å². The number of rotatable bonds is 6. The Morgan fingerprint density at radius 2 is 2.04 bits per heavy atom. The molecule has 2 N–H and O–H groups in total. The summed E-state index contributed by atoms with van der Waals surface area (Å²) in [6, 6.07) is 11.6. The van der Waals surface area contributed by atoms with Crippen LogP contribution in [0, 0.1) is 6.92 Å². The van der Waals surface area contributed by atoms with Gasteiger partial charge in [0.2, 0.25) is 5.91 Å². The van der Waals surface area contributed by atoms with Gasteiger partial charge in [0, 0.05) is 5.69 Å². The van der Waals surface area contributed by atoms with Crippen LogP contribution in [0.1, 0.15) is 5.56 Å². The molecular weight excluding hydrogens is 348 g/mol. The molecule has 1 amide bonds. The Kier molecular flexibility index (Phi) is 5.18. The minimum Gasteiger partial charge on any atom is -0.435 e. The molecule has 2 aromatic carbocycles. The van der Waals surface area contributed by atoms with Crippen LogP contribution in [-0.4, -0.2) is 28.2 Å². The number of nitrogens with zero attached hydrogens (tertiary/aromatic N) is 1. The molecule has 0 spiro atoms. The van der Waals surface area contributed by atoms with E-state index in [1.165, 1.54) is 36.0 Å². The van der Waals surface area contributed by atoms with Gasteiger partial charge in [-0.25, -0.2) is 4.98 Å². The molecule has 1 heterocycles. The predicted molar refractivity (Wildman–Crippen MR) is 93.3 cm³/mol. The summed E-state index contributed by atoms with van der Waals surface area (Å²) in [5.74, 6) is -0.00206. The van der Waals surface area contributed by atoms with Crippen molar-refractivity contribution in [2.24, 2.45) is 0 Å². The molecule has 0 radical (unpaired) electrons. The van der Waals surface area contributed by atoms with E-state index in [0.29, 0.717) is 10.8 Å². The molecule has 3 aromatic rings. The number of nitrogens with one attached hydrogen (secondary N) is 2. The number of thioether (sulfide) groups is 1. The Morgan fingerprint density at radius 1 is 1.28 bits per heavy atom. The average Bonchev–Trinajstić information content (AvgIpc) is 2.96. The van der Waals surface area contributed by atoms with E-state index in [2.05, 4.69) is 20.0 Å². The molecule has 130 valence electrons. The number of halogens is 2. The predicted octanol–water partition coefficient (Wildman–Crippen LogP) is 4.20. The molecule has 0 bridgehead atoms. The second-order valence-electron chi connectivity index (χ2n) is 5.30. The Morgan fingerprint density at radius 3 is 2.76 bits per heavy atom. The van der Waals surface area contributed by atoms with Gasteiger partial charge in [0.1, 0.15) is 5.75 Å². The first-order valence-corrected chi connectivity index (χ1v) is 8.42. The van der Waals surface area contributed by atoms with Gasteiger partial charge in [-0.15, -0.1) is 0 Å². The first kappa shape index (κ1) is 17.2. The zero-order valence-electron chi connectivity index (χ0n) is 13.3. The molecule has 0 aliphatic rings. The summed E-state index contributed by atoms with van der Waals surface area (Å²) in [5, 5.41) is 3.35. The molecule has 0 saturated carbocycles. The molecule has 25 heavy (non-hydrogen) atoms. The lowest BCUT2D eigenvalue weighted by Crippen LogP contribution is -2.14. The maximum atomic E-state index is 12.1. The van der Waals surface area contributed by atoms with E-state index in [-0.39, 0.29) is 17.4 Å². The van der Waals surface area contributed by atoms with E-state index >= 15 is 0 Å². The summed E-state index contributed by atoms with van der Waals surface area (Å²) in [7, 11) is 0. The maximum Gasteiger partial charge on any atom is 0.387 e. The highest BCUT2D eigenvalue weighted by Gasteiger charge is 2.09. The zero-order valence-corrected chi connectivity index (χ0v) is 14.1. The normalized spacial score (nSPS) is 11.0. The number of carbonyl (C=O) groups excluding carboxylic acids is 1. The summed E-state index contributed by atoms with van der Waals surface area (Å²) < 4.78 is 28.4. The fourth-order valence-electron chi connectivity index (χ4n) is 2.22. The second kappa shape index (κ2) is 7.52. The lowest BCUT2D eigenvalue weighted by molar-refractivity contribution is -0.113. The van der Waals surface area contributed by atoms with E-state index in [9.17, 15) is 13.6 Å². The van der Waals surface area contributed by atoms with Gasteiger partial charge in [0.05, 0.1) is 16.8 Å². The standard InChI is InChI=1S/C17H15F2N3O2S/c1-10-2-7-13-14(8-10)22-17(21-13)25-9-15(23)20-11-3-5-12(6-4-11)24-16(18)19/h2-8,16H,9H2,1H3,(H,20,23)(H,21,22). The molecule has 0 atom stereocenters. The van der Waals surface area contributed by atoms with Crippen molar-refractivity contribution in [2.75, 3.05) is 11.1 Å². The van der Waals surface area contributed by atoms with Gasteiger partial charge < -0.3 is 15.0 Å². The molecular formula is C17H15F2N3O2S. The zero-order chi connectivity index (χ0) is 17.8. The number of benzene rings is 2. The third-order valence-electron chi connectivity index (χ3n) is 3.32. The van der Waals surface area contributed by atoms with Crippen LogP contribution < -0.4 is 10.1 Å². The van der Waals surface area contributed by atoms with Crippen LogP contribution in [0.3, 0.4) is 0 Å². The number of hydrogen-bond acceptors (Lipinski definition) is 4. The highest BCUT2D eigenvalue weighted by molar-refractivity contribution is 7.99. The van der Waals surface area contributed by atoms with Crippen LogP contribution in [0.4, 0.5) is 14.5 Å². The smallest absolute Gasteiger partial charge is 0.387 e. The number of amides is 1. The van der Waals surface area contributed by atoms with Gasteiger partial charge in [-0.05, 0) is 48.9 Å².